The van der Waals surface area contributed by atoms with Gasteiger partial charge in [-0.3, -0.25) is 5.43 Å². The number of nitrogens with zero attached hydrogens (tertiary/aromatic N) is 1. The van der Waals surface area contributed by atoms with Crippen LogP contribution in [0.3, 0.4) is 0 Å². The van der Waals surface area contributed by atoms with Gasteiger partial charge in [-0.15, -0.1) is 0 Å². The van der Waals surface area contributed by atoms with E-state index in [0.29, 0.717) is 18.0 Å². The van der Waals surface area contributed by atoms with E-state index in [9.17, 15) is 0 Å². The van der Waals surface area contributed by atoms with Crippen LogP contribution < -0.4 is 16.6 Å². The fourth-order valence-corrected chi connectivity index (χ4v) is 2.40. The van der Waals surface area contributed by atoms with Crippen molar-refractivity contribution in [3.63, 3.8) is 0 Å². The van der Waals surface area contributed by atoms with Crippen LogP contribution in [0.15, 0.2) is 4.99 Å². The third-order valence-corrected chi connectivity index (χ3v) is 3.24. The molecule has 0 amide bonds. The van der Waals surface area contributed by atoms with E-state index in [1.54, 1.807) is 0 Å². The minimum Gasteiger partial charge on any atom is -0.353 e. The Morgan fingerprint density at radius 3 is 2.50 bits per heavy atom. The van der Waals surface area contributed by atoms with Gasteiger partial charge in [0.15, 0.2) is 0 Å². The highest BCUT2D eigenvalue weighted by molar-refractivity contribution is 5.79. The molecule has 1 fully saturated rings. The third-order valence-electron chi connectivity index (χ3n) is 3.24. The van der Waals surface area contributed by atoms with Gasteiger partial charge < -0.3 is 5.32 Å². The molecule has 0 saturated heterocycles. The Hall–Kier alpha value is -0.770. The lowest BCUT2D eigenvalue weighted by molar-refractivity contribution is 0.263. The molecule has 1 aliphatic rings. The topological polar surface area (TPSA) is 62.4 Å². The molecule has 4 heteroatoms. The maximum Gasteiger partial charge on any atom is 0.206 e. The zero-order chi connectivity index (χ0) is 12.1. The fraction of sp³-hybridized carbons (Fsp3) is 0.917. The van der Waals surface area contributed by atoms with Crippen molar-refractivity contribution in [3.05, 3.63) is 0 Å². The number of nitrogens with one attached hydrogen (secondary N) is 2. The lowest BCUT2D eigenvalue weighted by Gasteiger charge is -2.30. The second-order valence-corrected chi connectivity index (χ2v) is 5.38. The first-order valence-electron chi connectivity index (χ1n) is 6.33. The highest BCUT2D eigenvalue weighted by atomic mass is 15.3. The highest BCUT2D eigenvalue weighted by Crippen LogP contribution is 2.30. The van der Waals surface area contributed by atoms with Gasteiger partial charge in [0.25, 0.3) is 0 Å². The summed E-state index contributed by atoms with van der Waals surface area (Å²) in [6.45, 7) is 8.77. The third kappa shape index (κ3) is 4.00. The van der Waals surface area contributed by atoms with Crippen molar-refractivity contribution in [2.75, 3.05) is 0 Å². The molecule has 0 aliphatic heterocycles. The lowest BCUT2D eigenvalue weighted by atomic mass is 9.80. The van der Waals surface area contributed by atoms with Gasteiger partial charge in [-0.1, -0.05) is 13.8 Å². The Kier molecular flexibility index (Phi) is 5.06. The molecule has 4 nitrogen and oxygen atoms in total. The number of nitrogens with two attached hydrogens (primary N) is 1. The number of hydrazine groups is 1. The van der Waals surface area contributed by atoms with E-state index in [0.717, 1.165) is 11.9 Å². The fourth-order valence-electron chi connectivity index (χ4n) is 2.40. The molecule has 0 bridgehead atoms. The zero-order valence-corrected chi connectivity index (χ0v) is 11.0. The monoisotopic (exact) mass is 226 g/mol. The van der Waals surface area contributed by atoms with Gasteiger partial charge in [-0.25, -0.2) is 10.8 Å². The van der Waals surface area contributed by atoms with Crippen molar-refractivity contribution >= 4 is 5.96 Å². The summed E-state index contributed by atoms with van der Waals surface area (Å²) >= 11 is 0. The highest BCUT2D eigenvalue weighted by Gasteiger charge is 2.25. The number of rotatable bonds is 2. The minimum absolute atomic E-state index is 0.354. The number of guanidine groups is 1. The molecule has 1 saturated carbocycles. The summed E-state index contributed by atoms with van der Waals surface area (Å²) in [5.74, 6) is 7.69. The summed E-state index contributed by atoms with van der Waals surface area (Å²) in [7, 11) is 0. The van der Waals surface area contributed by atoms with Crippen LogP contribution in [0.2, 0.25) is 0 Å². The molecule has 0 radical (unpaired) electrons. The molecule has 1 aliphatic carbocycles. The first-order valence-corrected chi connectivity index (χ1v) is 6.33. The van der Waals surface area contributed by atoms with E-state index in [1.165, 1.54) is 19.3 Å². The summed E-state index contributed by atoms with van der Waals surface area (Å²) in [4.78, 5) is 4.68. The summed E-state index contributed by atoms with van der Waals surface area (Å²) in [6.07, 6.45) is 3.72. The quantitative estimate of drug-likeness (QED) is 0.290. The molecule has 1 rings (SSSR count). The Labute approximate surface area is 99.1 Å². The molecule has 0 aromatic heterocycles. The van der Waals surface area contributed by atoms with Crippen LogP contribution in [0.1, 0.15) is 47.0 Å². The first kappa shape index (κ1) is 13.3. The Balaban J connectivity index is 2.58. The average Bonchev–Trinajstić information content (AvgIpc) is 2.20. The predicted octanol–water partition coefficient (Wildman–Crippen LogP) is 1.63. The summed E-state index contributed by atoms with van der Waals surface area (Å²) in [6, 6.07) is 0.765. The van der Waals surface area contributed by atoms with E-state index >= 15 is 0 Å². The van der Waals surface area contributed by atoms with Crippen LogP contribution in [-0.4, -0.2) is 18.0 Å². The van der Waals surface area contributed by atoms with Crippen LogP contribution in [0.25, 0.3) is 0 Å². The van der Waals surface area contributed by atoms with Crippen molar-refractivity contribution in [1.82, 2.24) is 10.7 Å². The predicted molar refractivity (Wildman–Crippen MR) is 69.0 cm³/mol. The standard InChI is InChI=1S/C12H26N4/c1-8(2)14-12(16-13)15-11-6-5-9(3)7-10(11)4/h8-11H,5-7,13H2,1-4H3,(H2,14,15,16). The van der Waals surface area contributed by atoms with E-state index in [4.69, 9.17) is 5.84 Å². The van der Waals surface area contributed by atoms with Crippen LogP contribution >= 0.6 is 0 Å². The van der Waals surface area contributed by atoms with E-state index in [1.807, 2.05) is 0 Å². The van der Waals surface area contributed by atoms with Gasteiger partial charge in [0.2, 0.25) is 5.96 Å². The van der Waals surface area contributed by atoms with E-state index in [-0.39, 0.29) is 0 Å². The molecule has 0 spiro atoms. The molecular formula is C12H26N4. The van der Waals surface area contributed by atoms with E-state index in [2.05, 4.69) is 43.4 Å². The second-order valence-electron chi connectivity index (χ2n) is 5.38. The van der Waals surface area contributed by atoms with Crippen molar-refractivity contribution in [2.45, 2.75) is 59.0 Å². The summed E-state index contributed by atoms with van der Waals surface area (Å²) in [5, 5.41) is 3.22. The van der Waals surface area contributed by atoms with Crippen molar-refractivity contribution < 1.29 is 0 Å². The molecule has 94 valence electrons. The van der Waals surface area contributed by atoms with Crippen LogP contribution in [-0.2, 0) is 0 Å². The molecule has 3 unspecified atom stereocenters. The average molecular weight is 226 g/mol. The Bertz CT molecular complexity index is 237. The van der Waals surface area contributed by atoms with Crippen molar-refractivity contribution in [2.24, 2.45) is 22.7 Å². The summed E-state index contributed by atoms with van der Waals surface area (Å²) < 4.78 is 0. The minimum atomic E-state index is 0.354. The molecule has 0 aromatic rings. The smallest absolute Gasteiger partial charge is 0.206 e. The van der Waals surface area contributed by atoms with E-state index < -0.39 is 0 Å². The Morgan fingerprint density at radius 2 is 2.00 bits per heavy atom. The molecule has 0 aromatic carbocycles. The largest absolute Gasteiger partial charge is 0.353 e. The number of aliphatic imine (C=N–C) groups is 1. The molecule has 16 heavy (non-hydrogen) atoms. The Morgan fingerprint density at radius 1 is 1.31 bits per heavy atom. The van der Waals surface area contributed by atoms with Gasteiger partial charge in [-0.05, 0) is 44.9 Å². The van der Waals surface area contributed by atoms with Crippen LogP contribution in [0.5, 0.6) is 0 Å². The SMILES string of the molecule is CC1CCC(N=C(NN)NC(C)C)C(C)C1. The summed E-state index contributed by atoms with van der Waals surface area (Å²) in [5.41, 5.74) is 2.65. The maximum absolute atomic E-state index is 5.47. The van der Waals surface area contributed by atoms with Crippen molar-refractivity contribution in [1.29, 1.82) is 0 Å². The maximum atomic E-state index is 5.47. The molecular weight excluding hydrogens is 200 g/mol. The van der Waals surface area contributed by atoms with Gasteiger partial charge in [-0.2, -0.15) is 0 Å². The van der Waals surface area contributed by atoms with Gasteiger partial charge in [0, 0.05) is 6.04 Å². The number of hydrogen-bond acceptors (Lipinski definition) is 2. The van der Waals surface area contributed by atoms with Crippen LogP contribution in [0.4, 0.5) is 0 Å². The normalized spacial score (nSPS) is 31.6. The van der Waals surface area contributed by atoms with Gasteiger partial charge in [0.1, 0.15) is 0 Å². The van der Waals surface area contributed by atoms with Gasteiger partial charge in [0.05, 0.1) is 6.04 Å². The van der Waals surface area contributed by atoms with Crippen molar-refractivity contribution in [3.8, 4) is 0 Å². The van der Waals surface area contributed by atoms with Crippen LogP contribution in [0, 0.1) is 11.8 Å². The molecule has 4 N–H and O–H groups in total. The number of hydrogen-bond donors (Lipinski definition) is 3. The molecule has 0 heterocycles. The molecule has 3 atom stereocenters. The lowest BCUT2D eigenvalue weighted by Crippen LogP contribution is -2.46. The first-order chi connectivity index (χ1) is 7.52. The second kappa shape index (κ2) is 6.09. The zero-order valence-electron chi connectivity index (χ0n) is 11.0. The van der Waals surface area contributed by atoms with Gasteiger partial charge >= 0.3 is 0 Å².